The number of rotatable bonds is 4. The van der Waals surface area contributed by atoms with Gasteiger partial charge in [0.1, 0.15) is 0 Å². The smallest absolute Gasteiger partial charge is 0.216 e. The molecule has 0 aromatic rings. The molecule has 20 heavy (non-hydrogen) atoms. The van der Waals surface area contributed by atoms with E-state index in [1.807, 2.05) is 11.8 Å². The average molecular weight is 322 g/mol. The summed E-state index contributed by atoms with van der Waals surface area (Å²) in [5.41, 5.74) is 0. The Balaban J connectivity index is 2.08. The third-order valence-corrected chi connectivity index (χ3v) is 7.40. The highest BCUT2D eigenvalue weighted by Crippen LogP contribution is 2.22. The predicted octanol–water partition coefficient (Wildman–Crippen LogP) is 0.864. The Bertz CT molecular complexity index is 394. The van der Waals surface area contributed by atoms with Gasteiger partial charge in [0.05, 0.1) is 18.5 Å². The number of sulfonamides is 1. The van der Waals surface area contributed by atoms with Crippen molar-refractivity contribution in [1.29, 1.82) is 0 Å². The van der Waals surface area contributed by atoms with Crippen LogP contribution in [0.15, 0.2) is 0 Å². The molecular formula is C13H26N2O3S2. The summed E-state index contributed by atoms with van der Waals surface area (Å²) in [7, 11) is -3.16. The van der Waals surface area contributed by atoms with Crippen LogP contribution >= 0.6 is 11.8 Å². The maximum Gasteiger partial charge on any atom is 0.216 e. The van der Waals surface area contributed by atoms with E-state index in [1.165, 1.54) is 0 Å². The van der Waals surface area contributed by atoms with Crippen molar-refractivity contribution in [3.63, 3.8) is 0 Å². The van der Waals surface area contributed by atoms with Crippen LogP contribution in [0.2, 0.25) is 0 Å². The molecule has 5 nitrogen and oxygen atoms in total. The molecule has 0 bridgehead atoms. The molecule has 1 unspecified atom stereocenters. The molecule has 0 radical (unpaired) electrons. The second kappa shape index (κ2) is 7.45. The number of ether oxygens (including phenoxy) is 1. The molecule has 2 aliphatic rings. The largest absolute Gasteiger partial charge is 0.379 e. The SMILES string of the molecule is CC(C)S(=O)(=O)N1CCCSCC1CN1CCOCC1. The quantitative estimate of drug-likeness (QED) is 0.768. The van der Waals surface area contributed by atoms with Gasteiger partial charge in [-0.2, -0.15) is 16.1 Å². The van der Waals surface area contributed by atoms with E-state index in [0.717, 1.165) is 50.8 Å². The molecule has 0 aliphatic carbocycles. The van der Waals surface area contributed by atoms with Crippen LogP contribution in [0.3, 0.4) is 0 Å². The van der Waals surface area contributed by atoms with Crippen molar-refractivity contribution >= 4 is 21.8 Å². The summed E-state index contributed by atoms with van der Waals surface area (Å²) in [5, 5.41) is -0.335. The molecule has 0 saturated carbocycles. The van der Waals surface area contributed by atoms with Gasteiger partial charge in [-0.05, 0) is 26.0 Å². The molecule has 2 heterocycles. The summed E-state index contributed by atoms with van der Waals surface area (Å²) in [6.07, 6.45) is 0.955. The van der Waals surface area contributed by atoms with E-state index in [0.29, 0.717) is 6.54 Å². The number of morpholine rings is 1. The topological polar surface area (TPSA) is 49.9 Å². The number of hydrogen-bond acceptors (Lipinski definition) is 5. The van der Waals surface area contributed by atoms with Gasteiger partial charge >= 0.3 is 0 Å². The summed E-state index contributed by atoms with van der Waals surface area (Å²) in [5.74, 6) is 1.97. The highest BCUT2D eigenvalue weighted by Gasteiger charge is 2.34. The van der Waals surface area contributed by atoms with E-state index >= 15 is 0 Å². The normalized spacial score (nSPS) is 27.6. The van der Waals surface area contributed by atoms with Gasteiger partial charge in [0.2, 0.25) is 10.0 Å². The Hall–Kier alpha value is 0.180. The van der Waals surface area contributed by atoms with Crippen molar-refractivity contribution in [2.45, 2.75) is 31.6 Å². The van der Waals surface area contributed by atoms with Crippen molar-refractivity contribution < 1.29 is 13.2 Å². The molecule has 2 rings (SSSR count). The number of nitrogens with zero attached hydrogens (tertiary/aromatic N) is 2. The first kappa shape index (κ1) is 16.5. The summed E-state index contributed by atoms with van der Waals surface area (Å²) < 4.78 is 32.3. The van der Waals surface area contributed by atoms with Gasteiger partial charge < -0.3 is 4.74 Å². The van der Waals surface area contributed by atoms with Gasteiger partial charge in [0, 0.05) is 38.0 Å². The number of thioether (sulfide) groups is 1. The molecule has 0 spiro atoms. The highest BCUT2D eigenvalue weighted by molar-refractivity contribution is 7.99. The molecule has 0 N–H and O–H groups in total. The Morgan fingerprint density at radius 3 is 2.60 bits per heavy atom. The van der Waals surface area contributed by atoms with Gasteiger partial charge in [0.15, 0.2) is 0 Å². The Labute approximate surface area is 127 Å². The third kappa shape index (κ3) is 4.10. The fourth-order valence-corrected chi connectivity index (χ4v) is 5.27. The minimum absolute atomic E-state index is 0.105. The maximum absolute atomic E-state index is 12.6. The second-order valence-electron chi connectivity index (χ2n) is 5.70. The molecule has 2 saturated heterocycles. The first-order valence-electron chi connectivity index (χ1n) is 7.40. The molecular weight excluding hydrogens is 296 g/mol. The molecule has 118 valence electrons. The van der Waals surface area contributed by atoms with Gasteiger partial charge in [-0.1, -0.05) is 0 Å². The van der Waals surface area contributed by atoms with Crippen LogP contribution in [0.1, 0.15) is 20.3 Å². The minimum Gasteiger partial charge on any atom is -0.379 e. The van der Waals surface area contributed by atoms with Crippen LogP contribution in [-0.2, 0) is 14.8 Å². The van der Waals surface area contributed by atoms with E-state index in [2.05, 4.69) is 4.90 Å². The molecule has 7 heteroatoms. The Kier molecular flexibility index (Phi) is 6.16. The lowest BCUT2D eigenvalue weighted by atomic mass is 10.2. The molecule has 0 aromatic heterocycles. The van der Waals surface area contributed by atoms with E-state index in [1.54, 1.807) is 18.2 Å². The van der Waals surface area contributed by atoms with E-state index in [-0.39, 0.29) is 11.3 Å². The summed E-state index contributed by atoms with van der Waals surface area (Å²) in [6, 6.07) is 0.105. The third-order valence-electron chi connectivity index (χ3n) is 3.88. The lowest BCUT2D eigenvalue weighted by Gasteiger charge is -2.35. The fourth-order valence-electron chi connectivity index (χ4n) is 2.64. The summed E-state index contributed by atoms with van der Waals surface area (Å²) in [4.78, 5) is 2.34. The van der Waals surface area contributed by atoms with Gasteiger partial charge in [0.25, 0.3) is 0 Å². The maximum atomic E-state index is 12.6. The number of hydrogen-bond donors (Lipinski definition) is 0. The van der Waals surface area contributed by atoms with Crippen LogP contribution in [0, 0.1) is 0 Å². The lowest BCUT2D eigenvalue weighted by molar-refractivity contribution is 0.0308. The van der Waals surface area contributed by atoms with Gasteiger partial charge in [-0.15, -0.1) is 0 Å². The lowest BCUT2D eigenvalue weighted by Crippen LogP contribution is -2.51. The van der Waals surface area contributed by atoms with Crippen molar-refractivity contribution in [3.8, 4) is 0 Å². The van der Waals surface area contributed by atoms with Crippen molar-refractivity contribution in [2.24, 2.45) is 0 Å². The molecule has 2 aliphatic heterocycles. The highest BCUT2D eigenvalue weighted by atomic mass is 32.2. The summed E-state index contributed by atoms with van der Waals surface area (Å²) >= 11 is 1.88. The zero-order valence-electron chi connectivity index (χ0n) is 12.5. The first-order valence-corrected chi connectivity index (χ1v) is 10.1. The molecule has 2 fully saturated rings. The minimum atomic E-state index is -3.16. The molecule has 0 amide bonds. The zero-order chi connectivity index (χ0) is 14.6. The van der Waals surface area contributed by atoms with Crippen molar-refractivity contribution in [3.05, 3.63) is 0 Å². The molecule has 1 atom stereocenters. The summed E-state index contributed by atoms with van der Waals surface area (Å²) in [6.45, 7) is 8.41. The van der Waals surface area contributed by atoms with Crippen LogP contribution in [0.4, 0.5) is 0 Å². The van der Waals surface area contributed by atoms with Crippen molar-refractivity contribution in [1.82, 2.24) is 9.21 Å². The van der Waals surface area contributed by atoms with E-state index < -0.39 is 10.0 Å². The standard InChI is InChI=1S/C13H26N2O3S2/c1-12(2)20(16,17)15-4-3-9-19-11-13(15)10-14-5-7-18-8-6-14/h12-13H,3-11H2,1-2H3. The zero-order valence-corrected chi connectivity index (χ0v) is 14.1. The van der Waals surface area contributed by atoms with E-state index in [4.69, 9.17) is 4.74 Å². The van der Waals surface area contributed by atoms with Crippen LogP contribution in [0.25, 0.3) is 0 Å². The van der Waals surface area contributed by atoms with Crippen LogP contribution in [-0.4, -0.2) is 79.8 Å². The van der Waals surface area contributed by atoms with Crippen LogP contribution in [0.5, 0.6) is 0 Å². The monoisotopic (exact) mass is 322 g/mol. The van der Waals surface area contributed by atoms with Crippen molar-refractivity contribution in [2.75, 3.05) is 50.9 Å². The van der Waals surface area contributed by atoms with E-state index in [9.17, 15) is 8.42 Å². The Morgan fingerprint density at radius 1 is 1.25 bits per heavy atom. The predicted molar refractivity (Wildman–Crippen MR) is 83.8 cm³/mol. The second-order valence-corrected chi connectivity index (χ2v) is 9.29. The molecule has 0 aromatic carbocycles. The van der Waals surface area contributed by atoms with Gasteiger partial charge in [-0.3, -0.25) is 4.90 Å². The average Bonchev–Trinajstić information content (AvgIpc) is 2.65. The first-order chi connectivity index (χ1) is 9.51. The van der Waals surface area contributed by atoms with Crippen LogP contribution < -0.4 is 0 Å². The Morgan fingerprint density at radius 2 is 1.95 bits per heavy atom. The fraction of sp³-hybridized carbons (Fsp3) is 1.00. The van der Waals surface area contributed by atoms with Gasteiger partial charge in [-0.25, -0.2) is 8.42 Å².